The van der Waals surface area contributed by atoms with Crippen LogP contribution in [0.15, 0.2) is 60.7 Å². The molecule has 2 N–H and O–H groups in total. The van der Waals surface area contributed by atoms with Crippen molar-refractivity contribution in [2.75, 3.05) is 12.1 Å². The number of carbonyl (C=O) groups excluding carboxylic acids is 1. The van der Waals surface area contributed by atoms with E-state index < -0.39 is 0 Å². The van der Waals surface area contributed by atoms with Crippen LogP contribution in [0.5, 0.6) is 11.5 Å². The number of benzene rings is 2. The molecule has 0 bridgehead atoms. The minimum Gasteiger partial charge on any atom is -0.454 e. The Morgan fingerprint density at radius 3 is 2.67 bits per heavy atom. The van der Waals surface area contributed by atoms with E-state index >= 15 is 0 Å². The van der Waals surface area contributed by atoms with Crippen LogP contribution in [0, 0.1) is 0 Å². The van der Waals surface area contributed by atoms with Gasteiger partial charge in [0, 0.05) is 11.8 Å². The van der Waals surface area contributed by atoms with Gasteiger partial charge < -0.3 is 19.9 Å². The van der Waals surface area contributed by atoms with Crippen molar-refractivity contribution in [3.8, 4) is 11.5 Å². The second kappa shape index (κ2) is 7.48. The molecule has 0 fully saturated rings. The molecule has 0 radical (unpaired) electrons. The molecule has 1 amide bonds. The summed E-state index contributed by atoms with van der Waals surface area (Å²) in [5, 5.41) is 11.7. The largest absolute Gasteiger partial charge is 0.454 e. The molecule has 3 rings (SSSR count). The van der Waals surface area contributed by atoms with E-state index in [4.69, 9.17) is 14.6 Å². The Kier molecular flexibility index (Phi) is 4.93. The van der Waals surface area contributed by atoms with E-state index in [0.29, 0.717) is 5.69 Å². The summed E-state index contributed by atoms with van der Waals surface area (Å²) < 4.78 is 10.6. The van der Waals surface area contributed by atoms with E-state index in [9.17, 15) is 4.79 Å². The molecule has 1 heterocycles. The van der Waals surface area contributed by atoms with Crippen molar-refractivity contribution >= 4 is 17.7 Å². The fourth-order valence-electron chi connectivity index (χ4n) is 2.20. The zero-order valence-electron chi connectivity index (χ0n) is 12.9. The molecule has 0 atom stereocenters. The van der Waals surface area contributed by atoms with E-state index in [-0.39, 0.29) is 19.3 Å². The summed E-state index contributed by atoms with van der Waals surface area (Å²) in [6, 6.07) is 12.7. The fourth-order valence-corrected chi connectivity index (χ4v) is 2.20. The van der Waals surface area contributed by atoms with Crippen molar-refractivity contribution < 1.29 is 19.4 Å². The highest BCUT2D eigenvalue weighted by Crippen LogP contribution is 2.32. The summed E-state index contributed by atoms with van der Waals surface area (Å²) in [4.78, 5) is 11.8. The number of anilines is 1. The number of aliphatic hydroxyl groups excluding tert-OH is 1. The highest BCUT2D eigenvalue weighted by Gasteiger charge is 2.11. The van der Waals surface area contributed by atoms with Gasteiger partial charge in [0.2, 0.25) is 12.7 Å². The molecule has 5 heteroatoms. The lowest BCUT2D eigenvalue weighted by Crippen LogP contribution is -2.07. The van der Waals surface area contributed by atoms with Gasteiger partial charge >= 0.3 is 0 Å². The maximum atomic E-state index is 11.8. The van der Waals surface area contributed by atoms with Gasteiger partial charge in [0.05, 0.1) is 6.61 Å². The van der Waals surface area contributed by atoms with Crippen molar-refractivity contribution in [3.63, 3.8) is 0 Å². The fraction of sp³-hybridized carbons (Fsp3) is 0.105. The molecule has 0 spiro atoms. The molecule has 1 aliphatic rings. The monoisotopic (exact) mass is 323 g/mol. The number of aliphatic hydroxyl groups is 1. The van der Waals surface area contributed by atoms with E-state index in [0.717, 1.165) is 22.6 Å². The molecular weight excluding hydrogens is 306 g/mol. The first kappa shape index (κ1) is 15.8. The number of ether oxygens (including phenoxy) is 2. The first-order chi connectivity index (χ1) is 11.7. The summed E-state index contributed by atoms with van der Waals surface area (Å²) in [5.41, 5.74) is 2.45. The lowest BCUT2D eigenvalue weighted by atomic mass is 10.2. The maximum Gasteiger partial charge on any atom is 0.248 e. The maximum absolute atomic E-state index is 11.8. The molecule has 24 heavy (non-hydrogen) atoms. The van der Waals surface area contributed by atoms with Gasteiger partial charge in [-0.15, -0.1) is 0 Å². The minimum atomic E-state index is -0.220. The van der Waals surface area contributed by atoms with Crippen LogP contribution in [-0.2, 0) is 11.4 Å². The SMILES string of the molecule is O=C(/C=C/C=C/c1ccc2c(c1)OCO2)Nc1ccc(CO)cc1. The van der Waals surface area contributed by atoms with Crippen LogP contribution in [0.25, 0.3) is 6.08 Å². The Hall–Kier alpha value is -3.05. The number of rotatable bonds is 5. The van der Waals surface area contributed by atoms with E-state index in [1.165, 1.54) is 6.08 Å². The van der Waals surface area contributed by atoms with Gasteiger partial charge in [0.15, 0.2) is 11.5 Å². The lowest BCUT2D eigenvalue weighted by Gasteiger charge is -2.02. The van der Waals surface area contributed by atoms with Crippen LogP contribution in [0.3, 0.4) is 0 Å². The average Bonchev–Trinajstić information content (AvgIpc) is 3.07. The summed E-state index contributed by atoms with van der Waals surface area (Å²) in [7, 11) is 0. The quantitative estimate of drug-likeness (QED) is 0.655. The molecule has 0 unspecified atom stereocenters. The number of amides is 1. The summed E-state index contributed by atoms with van der Waals surface area (Å²) in [5.74, 6) is 1.25. The Bertz CT molecular complexity index is 778. The van der Waals surface area contributed by atoms with E-state index in [1.807, 2.05) is 24.3 Å². The van der Waals surface area contributed by atoms with Gasteiger partial charge in [-0.1, -0.05) is 36.4 Å². The van der Waals surface area contributed by atoms with Gasteiger partial charge in [-0.25, -0.2) is 0 Å². The van der Waals surface area contributed by atoms with Crippen LogP contribution in [0.1, 0.15) is 11.1 Å². The van der Waals surface area contributed by atoms with Crippen molar-refractivity contribution in [2.24, 2.45) is 0 Å². The molecule has 1 aliphatic heterocycles. The van der Waals surface area contributed by atoms with Gasteiger partial charge in [-0.2, -0.15) is 0 Å². The van der Waals surface area contributed by atoms with Gasteiger partial charge in [-0.3, -0.25) is 4.79 Å². The third kappa shape index (κ3) is 4.02. The molecule has 5 nitrogen and oxygen atoms in total. The number of hydrogen-bond donors (Lipinski definition) is 2. The third-order valence-electron chi connectivity index (χ3n) is 3.45. The standard InChI is InChI=1S/C19H17NO4/c21-12-15-5-8-16(9-6-15)20-19(22)4-2-1-3-14-7-10-17-18(11-14)24-13-23-17/h1-11,21H,12-13H2,(H,20,22)/b3-1+,4-2+. The molecular formula is C19H17NO4. The second-order valence-electron chi connectivity index (χ2n) is 5.18. The van der Waals surface area contributed by atoms with E-state index in [1.54, 1.807) is 36.4 Å². The van der Waals surface area contributed by atoms with Gasteiger partial charge in [0.25, 0.3) is 0 Å². The van der Waals surface area contributed by atoms with Crippen LogP contribution < -0.4 is 14.8 Å². The number of nitrogens with one attached hydrogen (secondary N) is 1. The Morgan fingerprint density at radius 2 is 1.88 bits per heavy atom. The molecule has 0 saturated carbocycles. The first-order valence-corrected chi connectivity index (χ1v) is 7.50. The third-order valence-corrected chi connectivity index (χ3v) is 3.45. The molecule has 2 aromatic carbocycles. The van der Waals surface area contributed by atoms with Crippen LogP contribution in [0.2, 0.25) is 0 Å². The molecule has 122 valence electrons. The Balaban J connectivity index is 1.54. The van der Waals surface area contributed by atoms with Crippen molar-refractivity contribution in [1.82, 2.24) is 0 Å². The minimum absolute atomic E-state index is 0.0151. The van der Waals surface area contributed by atoms with Crippen molar-refractivity contribution in [2.45, 2.75) is 6.61 Å². The molecule has 0 aromatic heterocycles. The van der Waals surface area contributed by atoms with Crippen molar-refractivity contribution in [3.05, 3.63) is 71.8 Å². The first-order valence-electron chi connectivity index (χ1n) is 7.50. The van der Waals surface area contributed by atoms with Gasteiger partial charge in [-0.05, 0) is 35.4 Å². The average molecular weight is 323 g/mol. The van der Waals surface area contributed by atoms with Crippen molar-refractivity contribution in [1.29, 1.82) is 0 Å². The summed E-state index contributed by atoms with van der Waals surface area (Å²) in [6.07, 6.45) is 6.78. The number of hydrogen-bond acceptors (Lipinski definition) is 4. The Labute approximate surface area is 139 Å². The zero-order chi connectivity index (χ0) is 16.8. The van der Waals surface area contributed by atoms with Crippen LogP contribution >= 0.6 is 0 Å². The topological polar surface area (TPSA) is 67.8 Å². The van der Waals surface area contributed by atoms with Gasteiger partial charge in [0.1, 0.15) is 0 Å². The highest BCUT2D eigenvalue weighted by atomic mass is 16.7. The number of carbonyl (C=O) groups is 1. The van der Waals surface area contributed by atoms with Crippen LogP contribution in [0.4, 0.5) is 5.69 Å². The highest BCUT2D eigenvalue weighted by molar-refractivity contribution is 5.99. The smallest absolute Gasteiger partial charge is 0.248 e. The number of allylic oxidation sites excluding steroid dienone is 2. The van der Waals surface area contributed by atoms with E-state index in [2.05, 4.69) is 5.32 Å². The second-order valence-corrected chi connectivity index (χ2v) is 5.18. The predicted molar refractivity (Wildman–Crippen MR) is 91.7 cm³/mol. The molecule has 2 aromatic rings. The normalized spacial score (nSPS) is 12.9. The zero-order valence-corrected chi connectivity index (χ0v) is 12.9. The summed E-state index contributed by atoms with van der Waals surface area (Å²) in [6.45, 7) is 0.237. The lowest BCUT2D eigenvalue weighted by molar-refractivity contribution is -0.111. The Morgan fingerprint density at radius 1 is 1.08 bits per heavy atom. The molecule has 0 aliphatic carbocycles. The predicted octanol–water partition coefficient (Wildman–Crippen LogP) is 3.12. The summed E-state index contributed by atoms with van der Waals surface area (Å²) >= 11 is 0. The molecule has 0 saturated heterocycles. The van der Waals surface area contributed by atoms with Crippen LogP contribution in [-0.4, -0.2) is 17.8 Å². The number of fused-ring (bicyclic) bond motifs is 1.